The summed E-state index contributed by atoms with van der Waals surface area (Å²) in [4.78, 5) is 11.0. The highest BCUT2D eigenvalue weighted by atomic mass is 16.5. The Balaban J connectivity index is 1.82. The molecule has 27 heavy (non-hydrogen) atoms. The van der Waals surface area contributed by atoms with Gasteiger partial charge in [0.15, 0.2) is 0 Å². The number of hydrogen-bond acceptors (Lipinski definition) is 3. The predicted molar refractivity (Wildman–Crippen MR) is 103 cm³/mol. The van der Waals surface area contributed by atoms with Gasteiger partial charge in [-0.2, -0.15) is 5.26 Å². The van der Waals surface area contributed by atoms with Crippen molar-refractivity contribution in [1.29, 1.82) is 5.26 Å². The van der Waals surface area contributed by atoms with E-state index in [1.807, 2.05) is 55.5 Å². The van der Waals surface area contributed by atoms with Crippen LogP contribution < -0.4 is 4.74 Å². The van der Waals surface area contributed by atoms with E-state index in [1.165, 1.54) is 0 Å². The van der Waals surface area contributed by atoms with Crippen molar-refractivity contribution in [3.05, 3.63) is 89.0 Å². The minimum atomic E-state index is -0.888. The van der Waals surface area contributed by atoms with Crippen LogP contribution in [0.5, 0.6) is 5.75 Å². The van der Waals surface area contributed by atoms with Gasteiger partial charge < -0.3 is 9.84 Å². The number of para-hydroxylation sites is 1. The highest BCUT2D eigenvalue weighted by Gasteiger charge is 2.09. The fourth-order valence-electron chi connectivity index (χ4n) is 3.01. The molecule has 4 nitrogen and oxygen atoms in total. The first-order valence-corrected chi connectivity index (χ1v) is 8.60. The highest BCUT2D eigenvalue weighted by molar-refractivity contribution is 5.71. The summed E-state index contributed by atoms with van der Waals surface area (Å²) in [6.07, 6.45) is -0.0731. The molecule has 0 radical (unpaired) electrons. The van der Waals surface area contributed by atoms with E-state index in [9.17, 15) is 10.1 Å². The summed E-state index contributed by atoms with van der Waals surface area (Å²) in [5, 5.41) is 18.3. The van der Waals surface area contributed by atoms with E-state index in [0.717, 1.165) is 22.3 Å². The van der Waals surface area contributed by atoms with E-state index >= 15 is 0 Å². The molecule has 0 fully saturated rings. The number of rotatable bonds is 6. The molecule has 0 atom stereocenters. The lowest BCUT2D eigenvalue weighted by Crippen LogP contribution is -2.04. The standard InChI is InChI=1S/C23H19NO3/c1-16-20(14-24)9-5-10-21(16)18-8-4-6-17(12-18)15-27-22-11-3-2-7-19(22)13-23(25)26/h2-12H,13,15H2,1H3,(H,25,26). The van der Waals surface area contributed by atoms with Crippen LogP contribution in [0.15, 0.2) is 66.7 Å². The minimum Gasteiger partial charge on any atom is -0.489 e. The van der Waals surface area contributed by atoms with Crippen LogP contribution >= 0.6 is 0 Å². The Kier molecular flexibility index (Phi) is 5.53. The summed E-state index contributed by atoms with van der Waals surface area (Å²) in [5.41, 5.74) is 5.27. The molecular formula is C23H19NO3. The second kappa shape index (κ2) is 8.20. The zero-order valence-electron chi connectivity index (χ0n) is 15.0. The summed E-state index contributed by atoms with van der Waals surface area (Å²) >= 11 is 0. The first-order valence-electron chi connectivity index (χ1n) is 8.60. The maximum atomic E-state index is 11.0. The fraction of sp³-hybridized carbons (Fsp3) is 0.130. The van der Waals surface area contributed by atoms with Crippen LogP contribution in [0.3, 0.4) is 0 Å². The van der Waals surface area contributed by atoms with Crippen molar-refractivity contribution in [2.75, 3.05) is 0 Å². The van der Waals surface area contributed by atoms with E-state index in [0.29, 0.717) is 23.5 Å². The normalized spacial score (nSPS) is 10.2. The van der Waals surface area contributed by atoms with Crippen LogP contribution in [0.4, 0.5) is 0 Å². The van der Waals surface area contributed by atoms with Gasteiger partial charge in [-0.25, -0.2) is 0 Å². The number of carboxylic acid groups (broad SMARTS) is 1. The SMILES string of the molecule is Cc1c(C#N)cccc1-c1cccc(COc2ccccc2CC(=O)O)c1. The number of aliphatic carboxylic acids is 1. The van der Waals surface area contributed by atoms with Crippen molar-refractivity contribution in [1.82, 2.24) is 0 Å². The van der Waals surface area contributed by atoms with Crippen molar-refractivity contribution in [2.24, 2.45) is 0 Å². The largest absolute Gasteiger partial charge is 0.489 e. The lowest BCUT2D eigenvalue weighted by molar-refractivity contribution is -0.136. The minimum absolute atomic E-state index is 0.0731. The van der Waals surface area contributed by atoms with Crippen molar-refractivity contribution in [3.8, 4) is 22.9 Å². The number of carbonyl (C=O) groups is 1. The molecule has 0 saturated heterocycles. The molecule has 0 amide bonds. The lowest BCUT2D eigenvalue weighted by Gasteiger charge is -2.12. The average Bonchev–Trinajstić information content (AvgIpc) is 2.67. The quantitative estimate of drug-likeness (QED) is 0.692. The molecule has 3 rings (SSSR count). The van der Waals surface area contributed by atoms with E-state index in [2.05, 4.69) is 6.07 Å². The maximum absolute atomic E-state index is 11.0. The van der Waals surface area contributed by atoms with Gasteiger partial charge in [0, 0.05) is 5.56 Å². The van der Waals surface area contributed by atoms with E-state index in [-0.39, 0.29) is 6.42 Å². The van der Waals surface area contributed by atoms with Crippen LogP contribution in [0.1, 0.15) is 22.3 Å². The molecule has 0 aliphatic rings. The molecule has 0 aliphatic carbocycles. The molecule has 0 unspecified atom stereocenters. The zero-order chi connectivity index (χ0) is 19.2. The van der Waals surface area contributed by atoms with Crippen molar-refractivity contribution < 1.29 is 14.6 Å². The third-order valence-electron chi connectivity index (χ3n) is 4.40. The van der Waals surface area contributed by atoms with E-state index in [1.54, 1.807) is 18.2 Å². The molecule has 3 aromatic rings. The Hall–Kier alpha value is -3.58. The molecule has 0 bridgehead atoms. The lowest BCUT2D eigenvalue weighted by atomic mass is 9.96. The number of benzene rings is 3. The Morgan fingerprint density at radius 3 is 2.63 bits per heavy atom. The number of nitrogens with zero attached hydrogens (tertiary/aromatic N) is 1. The van der Waals surface area contributed by atoms with Gasteiger partial charge in [0.1, 0.15) is 12.4 Å². The van der Waals surface area contributed by atoms with Gasteiger partial charge in [-0.3, -0.25) is 4.79 Å². The first-order chi connectivity index (χ1) is 13.1. The summed E-state index contributed by atoms with van der Waals surface area (Å²) < 4.78 is 5.87. The van der Waals surface area contributed by atoms with Crippen molar-refractivity contribution in [2.45, 2.75) is 20.0 Å². The maximum Gasteiger partial charge on any atom is 0.307 e. The van der Waals surface area contributed by atoms with Crippen molar-refractivity contribution in [3.63, 3.8) is 0 Å². The van der Waals surface area contributed by atoms with Gasteiger partial charge >= 0.3 is 5.97 Å². The molecule has 0 aliphatic heterocycles. The molecule has 0 saturated carbocycles. The second-order valence-corrected chi connectivity index (χ2v) is 6.26. The summed E-state index contributed by atoms with van der Waals surface area (Å²) in [5.74, 6) is -0.311. The van der Waals surface area contributed by atoms with Gasteiger partial charge in [-0.05, 0) is 47.4 Å². The Morgan fingerprint density at radius 2 is 1.85 bits per heavy atom. The van der Waals surface area contributed by atoms with Crippen LogP contribution in [-0.2, 0) is 17.8 Å². The predicted octanol–water partition coefficient (Wildman–Crippen LogP) is 4.74. The Bertz CT molecular complexity index is 1020. The summed E-state index contributed by atoms with van der Waals surface area (Å²) in [7, 11) is 0. The highest BCUT2D eigenvalue weighted by Crippen LogP contribution is 2.27. The van der Waals surface area contributed by atoms with Gasteiger partial charge in [0.25, 0.3) is 0 Å². The van der Waals surface area contributed by atoms with E-state index < -0.39 is 5.97 Å². The summed E-state index contributed by atoms with van der Waals surface area (Å²) in [6.45, 7) is 2.28. The van der Waals surface area contributed by atoms with Gasteiger partial charge in [-0.15, -0.1) is 0 Å². The molecular weight excluding hydrogens is 338 g/mol. The van der Waals surface area contributed by atoms with Crippen LogP contribution in [0.25, 0.3) is 11.1 Å². The molecule has 0 heterocycles. The van der Waals surface area contributed by atoms with Gasteiger partial charge in [0.2, 0.25) is 0 Å². The Morgan fingerprint density at radius 1 is 1.07 bits per heavy atom. The Labute approximate surface area is 158 Å². The average molecular weight is 357 g/mol. The number of hydrogen-bond donors (Lipinski definition) is 1. The van der Waals surface area contributed by atoms with Crippen LogP contribution in [0, 0.1) is 18.3 Å². The molecule has 1 N–H and O–H groups in total. The van der Waals surface area contributed by atoms with Crippen LogP contribution in [-0.4, -0.2) is 11.1 Å². The third-order valence-corrected chi connectivity index (χ3v) is 4.40. The molecule has 4 heteroatoms. The van der Waals surface area contributed by atoms with Crippen LogP contribution in [0.2, 0.25) is 0 Å². The number of carboxylic acids is 1. The smallest absolute Gasteiger partial charge is 0.307 e. The molecule has 3 aromatic carbocycles. The molecule has 0 spiro atoms. The number of ether oxygens (including phenoxy) is 1. The summed E-state index contributed by atoms with van der Waals surface area (Å²) in [6, 6.07) is 23.0. The second-order valence-electron chi connectivity index (χ2n) is 6.26. The molecule has 134 valence electrons. The monoisotopic (exact) mass is 357 g/mol. The molecule has 0 aromatic heterocycles. The van der Waals surface area contributed by atoms with E-state index in [4.69, 9.17) is 9.84 Å². The topological polar surface area (TPSA) is 70.3 Å². The third kappa shape index (κ3) is 4.34. The van der Waals surface area contributed by atoms with Gasteiger partial charge in [0.05, 0.1) is 18.1 Å². The van der Waals surface area contributed by atoms with Gasteiger partial charge in [-0.1, -0.05) is 48.5 Å². The first kappa shape index (κ1) is 18.2. The number of nitriles is 1. The fourth-order valence-corrected chi connectivity index (χ4v) is 3.01. The zero-order valence-corrected chi connectivity index (χ0v) is 15.0. The van der Waals surface area contributed by atoms with Crippen molar-refractivity contribution >= 4 is 5.97 Å².